The van der Waals surface area contributed by atoms with Gasteiger partial charge in [0, 0.05) is 26.9 Å². The Bertz CT molecular complexity index is 761. The van der Waals surface area contributed by atoms with Crippen LogP contribution in [0.3, 0.4) is 0 Å². The number of unbranched alkanes of at least 4 members (excludes halogenated alkanes) is 1. The standard InChI is InChI=1S/C13H17N5O4/c1-4-5-6-18-11(20)9(15-17(3)13(18)22)8-7-14-16(2)12(21)10(8)19/h7-8H,4-6H2,1-3H3. The summed E-state index contributed by atoms with van der Waals surface area (Å²) in [7, 11) is 2.74. The highest BCUT2D eigenvalue weighted by Gasteiger charge is 2.35. The summed E-state index contributed by atoms with van der Waals surface area (Å²) in [6.45, 7) is 2.17. The summed E-state index contributed by atoms with van der Waals surface area (Å²) in [6, 6.07) is 0. The van der Waals surface area contributed by atoms with Crippen molar-refractivity contribution in [3.63, 3.8) is 0 Å². The maximum absolute atomic E-state index is 12.4. The van der Waals surface area contributed by atoms with Crippen LogP contribution in [0.1, 0.15) is 31.4 Å². The van der Waals surface area contributed by atoms with Gasteiger partial charge >= 0.3 is 11.6 Å². The zero-order chi connectivity index (χ0) is 16.4. The summed E-state index contributed by atoms with van der Waals surface area (Å²) in [5, 5.41) is 8.53. The Balaban J connectivity index is 2.57. The number of amides is 1. The van der Waals surface area contributed by atoms with Crippen LogP contribution in [0.15, 0.2) is 14.7 Å². The maximum Gasteiger partial charge on any atom is 0.347 e. The molecular weight excluding hydrogens is 290 g/mol. The minimum atomic E-state index is -1.16. The number of likely N-dealkylation sites (N-methyl/N-ethyl adjacent to an activating group) is 1. The highest BCUT2D eigenvalue weighted by Crippen LogP contribution is 2.14. The number of ketones is 1. The third kappa shape index (κ3) is 2.61. The van der Waals surface area contributed by atoms with Gasteiger partial charge in [-0.2, -0.15) is 10.2 Å². The lowest BCUT2D eigenvalue weighted by Gasteiger charge is -2.19. The molecule has 0 saturated heterocycles. The molecule has 1 aromatic heterocycles. The minimum absolute atomic E-state index is 0.159. The molecule has 0 saturated carbocycles. The second-order valence-corrected chi connectivity index (χ2v) is 5.04. The van der Waals surface area contributed by atoms with Gasteiger partial charge in [0.1, 0.15) is 11.6 Å². The van der Waals surface area contributed by atoms with Gasteiger partial charge in [0.15, 0.2) is 0 Å². The molecule has 1 aliphatic rings. The van der Waals surface area contributed by atoms with Crippen molar-refractivity contribution in [1.29, 1.82) is 0 Å². The van der Waals surface area contributed by atoms with E-state index in [9.17, 15) is 19.2 Å². The second kappa shape index (κ2) is 6.04. The van der Waals surface area contributed by atoms with Crippen LogP contribution in [-0.4, -0.2) is 44.3 Å². The summed E-state index contributed by atoms with van der Waals surface area (Å²) < 4.78 is 2.03. The summed E-state index contributed by atoms with van der Waals surface area (Å²) in [4.78, 5) is 48.2. The zero-order valence-corrected chi connectivity index (χ0v) is 12.6. The van der Waals surface area contributed by atoms with Crippen LogP contribution in [0.4, 0.5) is 0 Å². The van der Waals surface area contributed by atoms with Crippen molar-refractivity contribution in [1.82, 2.24) is 19.4 Å². The van der Waals surface area contributed by atoms with E-state index in [-0.39, 0.29) is 12.2 Å². The third-order valence-electron chi connectivity index (χ3n) is 3.44. The molecule has 0 N–H and O–H groups in total. The molecule has 0 bridgehead atoms. The molecule has 0 aliphatic carbocycles. The van der Waals surface area contributed by atoms with Crippen LogP contribution < -0.4 is 11.2 Å². The van der Waals surface area contributed by atoms with Crippen LogP contribution in [0.2, 0.25) is 0 Å². The van der Waals surface area contributed by atoms with Crippen LogP contribution >= 0.6 is 0 Å². The minimum Gasteiger partial charge on any atom is -0.287 e. The average Bonchev–Trinajstić information content (AvgIpc) is 2.49. The molecular formula is C13H17N5O4. The number of Topliss-reactive ketones (excluding diaryl/α,β-unsaturated/α-hetero) is 1. The fraction of sp³-hybridized carbons (Fsp3) is 0.538. The van der Waals surface area contributed by atoms with Gasteiger partial charge in [-0.3, -0.25) is 19.0 Å². The Morgan fingerprint density at radius 3 is 2.50 bits per heavy atom. The monoisotopic (exact) mass is 307 g/mol. The first-order valence-electron chi connectivity index (χ1n) is 6.92. The van der Waals surface area contributed by atoms with Gasteiger partial charge in [-0.1, -0.05) is 13.3 Å². The molecule has 22 heavy (non-hydrogen) atoms. The van der Waals surface area contributed by atoms with Crippen molar-refractivity contribution >= 4 is 17.9 Å². The number of hydrogen-bond acceptors (Lipinski definition) is 6. The van der Waals surface area contributed by atoms with E-state index in [1.807, 2.05) is 6.92 Å². The quantitative estimate of drug-likeness (QED) is 0.653. The smallest absolute Gasteiger partial charge is 0.287 e. The van der Waals surface area contributed by atoms with Gasteiger partial charge in [-0.05, 0) is 6.42 Å². The predicted molar refractivity (Wildman–Crippen MR) is 77.7 cm³/mol. The molecule has 118 valence electrons. The number of hydrazone groups is 1. The SMILES string of the molecule is CCCCn1c(=O)c(C2C=NN(C)C(=O)C2=O)nn(C)c1=O. The number of aromatic nitrogens is 3. The van der Waals surface area contributed by atoms with Crippen molar-refractivity contribution < 1.29 is 9.59 Å². The molecule has 0 radical (unpaired) electrons. The third-order valence-corrected chi connectivity index (χ3v) is 3.44. The Labute approximate surface area is 125 Å². The van der Waals surface area contributed by atoms with Gasteiger partial charge in [0.2, 0.25) is 5.78 Å². The van der Waals surface area contributed by atoms with E-state index in [2.05, 4.69) is 10.2 Å². The maximum atomic E-state index is 12.4. The first kappa shape index (κ1) is 15.8. The van der Waals surface area contributed by atoms with E-state index >= 15 is 0 Å². The van der Waals surface area contributed by atoms with Crippen molar-refractivity contribution in [2.45, 2.75) is 32.2 Å². The topological polar surface area (TPSA) is 107 Å². The Morgan fingerprint density at radius 2 is 1.86 bits per heavy atom. The summed E-state index contributed by atoms with van der Waals surface area (Å²) in [6.07, 6.45) is 2.65. The normalized spacial score (nSPS) is 18.1. The number of aryl methyl sites for hydroxylation is 1. The molecule has 0 aromatic carbocycles. The molecule has 2 heterocycles. The number of hydrogen-bond donors (Lipinski definition) is 0. The highest BCUT2D eigenvalue weighted by molar-refractivity contribution is 6.42. The van der Waals surface area contributed by atoms with E-state index in [1.54, 1.807) is 0 Å². The Hall–Kier alpha value is -2.58. The van der Waals surface area contributed by atoms with E-state index in [0.717, 1.165) is 20.7 Å². The van der Waals surface area contributed by atoms with Gasteiger partial charge in [-0.15, -0.1) is 0 Å². The second-order valence-electron chi connectivity index (χ2n) is 5.04. The lowest BCUT2D eigenvalue weighted by molar-refractivity contribution is -0.144. The average molecular weight is 307 g/mol. The highest BCUT2D eigenvalue weighted by atomic mass is 16.2. The van der Waals surface area contributed by atoms with Gasteiger partial charge in [0.25, 0.3) is 5.56 Å². The van der Waals surface area contributed by atoms with Gasteiger partial charge < -0.3 is 0 Å². The van der Waals surface area contributed by atoms with Crippen LogP contribution in [0.5, 0.6) is 0 Å². The Morgan fingerprint density at radius 1 is 1.18 bits per heavy atom. The molecule has 1 atom stereocenters. The van der Waals surface area contributed by atoms with Crippen molar-refractivity contribution in [2.24, 2.45) is 12.1 Å². The largest absolute Gasteiger partial charge is 0.347 e. The van der Waals surface area contributed by atoms with Gasteiger partial charge in [0.05, 0.1) is 0 Å². The lowest BCUT2D eigenvalue weighted by atomic mass is 10.00. The van der Waals surface area contributed by atoms with E-state index in [0.29, 0.717) is 6.42 Å². The summed E-state index contributed by atoms with van der Waals surface area (Å²) in [5.74, 6) is -2.76. The van der Waals surface area contributed by atoms with E-state index < -0.39 is 28.9 Å². The fourth-order valence-corrected chi connectivity index (χ4v) is 2.13. The molecule has 9 heteroatoms. The molecule has 9 nitrogen and oxygen atoms in total. The first-order chi connectivity index (χ1) is 10.4. The summed E-state index contributed by atoms with van der Waals surface area (Å²) >= 11 is 0. The number of rotatable bonds is 4. The fourth-order valence-electron chi connectivity index (χ4n) is 2.13. The number of carbonyl (C=O) groups is 2. The Kier molecular flexibility index (Phi) is 4.34. The molecule has 2 rings (SSSR count). The zero-order valence-electron chi connectivity index (χ0n) is 12.6. The number of carbonyl (C=O) groups excluding carboxylic acids is 2. The molecule has 1 unspecified atom stereocenters. The molecule has 0 spiro atoms. The van der Waals surface area contributed by atoms with Crippen LogP contribution in [0, 0.1) is 0 Å². The van der Waals surface area contributed by atoms with Crippen molar-refractivity contribution in [2.75, 3.05) is 7.05 Å². The van der Waals surface area contributed by atoms with Crippen molar-refractivity contribution in [3.05, 3.63) is 26.5 Å². The van der Waals surface area contributed by atoms with Crippen LogP contribution in [0.25, 0.3) is 0 Å². The van der Waals surface area contributed by atoms with E-state index in [4.69, 9.17) is 0 Å². The molecule has 0 fully saturated rings. The van der Waals surface area contributed by atoms with E-state index in [1.165, 1.54) is 20.3 Å². The molecule has 1 aromatic rings. The predicted octanol–water partition coefficient (Wildman–Crippen LogP) is -1.15. The lowest BCUT2D eigenvalue weighted by Crippen LogP contribution is -2.46. The van der Waals surface area contributed by atoms with Crippen LogP contribution in [-0.2, 0) is 23.2 Å². The first-order valence-corrected chi connectivity index (χ1v) is 6.92. The number of nitrogens with zero attached hydrogens (tertiary/aromatic N) is 5. The van der Waals surface area contributed by atoms with Gasteiger partial charge in [-0.25, -0.2) is 14.5 Å². The summed E-state index contributed by atoms with van der Waals surface area (Å²) in [5.41, 5.74) is -1.36. The molecule has 1 aliphatic heterocycles. The molecule has 1 amide bonds. The van der Waals surface area contributed by atoms with Crippen molar-refractivity contribution in [3.8, 4) is 0 Å².